The second-order valence-corrected chi connectivity index (χ2v) is 16.0. The van der Waals surface area contributed by atoms with Crippen molar-refractivity contribution in [2.24, 2.45) is 5.92 Å². The molecule has 51 heavy (non-hydrogen) atoms. The van der Waals surface area contributed by atoms with Gasteiger partial charge in [0.15, 0.2) is 5.79 Å². The maximum atomic E-state index is 13.6. The maximum Gasteiger partial charge on any atom is 0.410 e. The molecule has 0 unspecified atom stereocenters. The van der Waals surface area contributed by atoms with Crippen LogP contribution >= 0.6 is 15.9 Å². The molecule has 6 rings (SSSR count). The Morgan fingerprint density at radius 2 is 1.86 bits per heavy atom. The van der Waals surface area contributed by atoms with Crippen molar-refractivity contribution in [3.63, 3.8) is 0 Å². The highest BCUT2D eigenvalue weighted by Gasteiger charge is 2.55. The number of halogens is 2. The molecular weight excluding hydrogens is 715 g/mol. The number of benzene rings is 2. The topological polar surface area (TPSA) is 103 Å². The third-order valence-electron chi connectivity index (χ3n) is 9.42. The second-order valence-electron chi connectivity index (χ2n) is 15.2. The smallest absolute Gasteiger partial charge is 0.410 e. The molecule has 2 aromatic heterocycles. The lowest BCUT2D eigenvalue weighted by Gasteiger charge is -2.31. The zero-order valence-electron chi connectivity index (χ0n) is 30.4. The van der Waals surface area contributed by atoms with Gasteiger partial charge in [-0.05, 0) is 113 Å². The van der Waals surface area contributed by atoms with Crippen LogP contribution in [0.3, 0.4) is 0 Å². The summed E-state index contributed by atoms with van der Waals surface area (Å²) in [4.78, 5) is 24.7. The fourth-order valence-corrected chi connectivity index (χ4v) is 7.72. The van der Waals surface area contributed by atoms with Crippen LogP contribution in [0.2, 0.25) is 0 Å². The van der Waals surface area contributed by atoms with Crippen LogP contribution in [0.4, 0.5) is 15.0 Å². The number of carbonyl (C=O) groups is 1. The van der Waals surface area contributed by atoms with Gasteiger partial charge < -0.3 is 34.3 Å². The van der Waals surface area contributed by atoms with Crippen LogP contribution in [0.25, 0.3) is 11.0 Å². The SMILES string of the molecule is Cc1ccc(CNc2ncnc3c2c(Br)cn3[C@@H]2C[C@H](CN(CCCNCCc3cccc(F)c3)C(=O)OC(C)(C)C)[C@H]3OC(C)(C)O[C@H]32)cc1. The van der Waals surface area contributed by atoms with E-state index in [1.165, 1.54) is 11.6 Å². The van der Waals surface area contributed by atoms with Crippen LogP contribution in [-0.4, -0.2) is 75.3 Å². The Labute approximate surface area is 308 Å². The number of aryl methyl sites for hydroxylation is 1. The number of amides is 1. The fraction of sp³-hybridized carbons (Fsp3) is 0.513. The van der Waals surface area contributed by atoms with E-state index >= 15 is 0 Å². The molecule has 4 atom stereocenters. The number of anilines is 1. The maximum absolute atomic E-state index is 13.6. The normalized spacial score (nSPS) is 21.2. The molecule has 10 nitrogen and oxygen atoms in total. The fourth-order valence-electron chi connectivity index (χ4n) is 7.14. The number of fused-ring (bicyclic) bond motifs is 2. The van der Waals surface area contributed by atoms with Crippen molar-refractivity contribution >= 4 is 38.9 Å². The van der Waals surface area contributed by atoms with Crippen molar-refractivity contribution in [3.05, 3.63) is 88.0 Å². The van der Waals surface area contributed by atoms with Crippen LogP contribution in [0.15, 0.2) is 65.5 Å². The van der Waals surface area contributed by atoms with Crippen LogP contribution in [0, 0.1) is 18.7 Å². The molecule has 2 fully saturated rings. The van der Waals surface area contributed by atoms with E-state index in [4.69, 9.17) is 19.2 Å². The quantitative estimate of drug-likeness (QED) is 0.133. The van der Waals surface area contributed by atoms with Gasteiger partial charge in [-0.1, -0.05) is 42.0 Å². The summed E-state index contributed by atoms with van der Waals surface area (Å²) < 4.78 is 35.7. The summed E-state index contributed by atoms with van der Waals surface area (Å²) in [6, 6.07) is 15.0. The first-order chi connectivity index (χ1) is 24.3. The number of ether oxygens (including phenoxy) is 3. The molecule has 1 saturated heterocycles. The van der Waals surface area contributed by atoms with Crippen molar-refractivity contribution in [1.82, 2.24) is 24.8 Å². The molecule has 2 aliphatic rings. The van der Waals surface area contributed by atoms with Crippen molar-refractivity contribution in [3.8, 4) is 0 Å². The van der Waals surface area contributed by atoms with Gasteiger partial charge >= 0.3 is 6.09 Å². The Morgan fingerprint density at radius 3 is 2.61 bits per heavy atom. The average Bonchev–Trinajstić information content (AvgIpc) is 3.68. The molecule has 1 aliphatic carbocycles. The van der Waals surface area contributed by atoms with Crippen molar-refractivity contribution in [2.45, 2.75) is 97.0 Å². The minimum atomic E-state index is -0.773. The number of nitrogens with one attached hydrogen (secondary N) is 2. The van der Waals surface area contributed by atoms with Crippen LogP contribution in [0.5, 0.6) is 0 Å². The van der Waals surface area contributed by atoms with Crippen LogP contribution in [-0.2, 0) is 27.2 Å². The molecule has 0 spiro atoms. The second kappa shape index (κ2) is 15.6. The number of rotatable bonds is 13. The van der Waals surface area contributed by atoms with Crippen molar-refractivity contribution in [2.75, 3.05) is 31.5 Å². The number of aromatic nitrogens is 3. The van der Waals surface area contributed by atoms with Gasteiger partial charge in [-0.25, -0.2) is 19.2 Å². The molecule has 12 heteroatoms. The van der Waals surface area contributed by atoms with Gasteiger partial charge in [0, 0.05) is 36.2 Å². The zero-order chi connectivity index (χ0) is 36.3. The zero-order valence-corrected chi connectivity index (χ0v) is 32.0. The molecule has 2 N–H and O–H groups in total. The summed E-state index contributed by atoms with van der Waals surface area (Å²) in [6.07, 6.45) is 5.05. The van der Waals surface area contributed by atoms with Crippen LogP contribution < -0.4 is 10.6 Å². The summed E-state index contributed by atoms with van der Waals surface area (Å²) in [6.45, 7) is 14.7. The molecule has 4 aromatic rings. The first-order valence-corrected chi connectivity index (χ1v) is 18.6. The van der Waals surface area contributed by atoms with Crippen molar-refractivity contribution < 1.29 is 23.4 Å². The molecule has 1 saturated carbocycles. The lowest BCUT2D eigenvalue weighted by atomic mass is 10.0. The lowest BCUT2D eigenvalue weighted by Crippen LogP contribution is -2.43. The molecule has 0 bridgehead atoms. The first kappa shape index (κ1) is 37.2. The van der Waals surface area contributed by atoms with E-state index in [0.717, 1.165) is 58.3 Å². The summed E-state index contributed by atoms with van der Waals surface area (Å²) >= 11 is 3.81. The van der Waals surface area contributed by atoms with Gasteiger partial charge in [0.1, 0.15) is 35.3 Å². The Kier molecular flexibility index (Phi) is 11.4. The number of nitrogens with zero attached hydrogens (tertiary/aromatic N) is 4. The van der Waals surface area contributed by atoms with E-state index in [9.17, 15) is 9.18 Å². The Balaban J connectivity index is 1.17. The van der Waals surface area contributed by atoms with E-state index in [1.807, 2.05) is 45.6 Å². The van der Waals surface area contributed by atoms with Gasteiger partial charge in [0.05, 0.1) is 17.5 Å². The van der Waals surface area contributed by atoms with E-state index in [1.54, 1.807) is 18.5 Å². The summed E-state index contributed by atoms with van der Waals surface area (Å²) in [5.41, 5.74) is 3.51. The molecule has 0 radical (unpaired) electrons. The largest absolute Gasteiger partial charge is 0.444 e. The Morgan fingerprint density at radius 1 is 1.10 bits per heavy atom. The average molecular weight is 766 g/mol. The summed E-state index contributed by atoms with van der Waals surface area (Å²) in [5.74, 6) is -0.252. The highest BCUT2D eigenvalue weighted by Crippen LogP contribution is 2.49. The predicted octanol–water partition coefficient (Wildman–Crippen LogP) is 7.79. The lowest BCUT2D eigenvalue weighted by molar-refractivity contribution is -0.160. The minimum Gasteiger partial charge on any atom is -0.444 e. The van der Waals surface area contributed by atoms with Gasteiger partial charge in [-0.15, -0.1) is 0 Å². The number of hydrogen-bond donors (Lipinski definition) is 2. The molecular formula is C39H50BrFN6O4. The molecule has 3 heterocycles. The monoisotopic (exact) mass is 764 g/mol. The van der Waals surface area contributed by atoms with Gasteiger partial charge in [-0.3, -0.25) is 0 Å². The summed E-state index contributed by atoms with van der Waals surface area (Å²) in [7, 11) is 0. The van der Waals surface area contributed by atoms with Gasteiger partial charge in [0.2, 0.25) is 0 Å². The summed E-state index contributed by atoms with van der Waals surface area (Å²) in [5, 5.41) is 7.85. The Hall–Kier alpha value is -3.58. The highest BCUT2D eigenvalue weighted by molar-refractivity contribution is 9.10. The van der Waals surface area contributed by atoms with E-state index < -0.39 is 11.4 Å². The molecule has 1 amide bonds. The minimum absolute atomic E-state index is 0.00701. The third-order valence-corrected chi connectivity index (χ3v) is 10.0. The van der Waals surface area contributed by atoms with E-state index in [0.29, 0.717) is 26.2 Å². The number of carbonyl (C=O) groups excluding carboxylic acids is 1. The van der Waals surface area contributed by atoms with Crippen molar-refractivity contribution in [1.29, 1.82) is 0 Å². The van der Waals surface area contributed by atoms with E-state index in [2.05, 4.69) is 73.5 Å². The highest BCUT2D eigenvalue weighted by atomic mass is 79.9. The van der Waals surface area contributed by atoms with Gasteiger partial charge in [0.25, 0.3) is 0 Å². The molecule has 274 valence electrons. The Bertz CT molecular complexity index is 1810. The first-order valence-electron chi connectivity index (χ1n) is 17.9. The molecule has 1 aliphatic heterocycles. The third kappa shape index (κ3) is 9.27. The number of hydrogen-bond acceptors (Lipinski definition) is 8. The molecule has 2 aromatic carbocycles. The van der Waals surface area contributed by atoms with E-state index in [-0.39, 0.29) is 36.1 Å². The van der Waals surface area contributed by atoms with Gasteiger partial charge in [-0.2, -0.15) is 0 Å². The predicted molar refractivity (Wildman–Crippen MR) is 200 cm³/mol. The standard InChI is InChI=1S/C39H50BrFN6O4/c1-25-11-13-27(14-12-25)21-43-35-32-30(40)23-47(36(32)45-24-44-35)31-20-28(33-34(31)50-39(5,6)49-33)22-46(37(48)51-38(2,3)4)18-8-16-42-17-15-26-9-7-10-29(41)19-26/h7,9-14,19,23-24,28,31,33-34,42H,8,15-18,20-22H2,1-6H3,(H,43,44,45)/t28-,31-,33-,34+/m1/s1. The van der Waals surface area contributed by atoms with Crippen LogP contribution in [0.1, 0.15) is 70.2 Å².